The maximum absolute atomic E-state index is 2.47. The minimum atomic E-state index is 0.942. The third-order valence-electron chi connectivity index (χ3n) is 4.36. The number of hydrogen-bond donors (Lipinski definition) is 0. The van der Waals surface area contributed by atoms with Crippen molar-refractivity contribution in [2.75, 3.05) is 0 Å². The second kappa shape index (κ2) is 5.78. The van der Waals surface area contributed by atoms with Crippen molar-refractivity contribution in [1.82, 2.24) is 0 Å². The Morgan fingerprint density at radius 2 is 1.71 bits per heavy atom. The Labute approximate surface area is 90.5 Å². The molecular weight excluding hydrogens is 168 g/mol. The third kappa shape index (κ3) is 3.63. The highest BCUT2D eigenvalue weighted by molar-refractivity contribution is 4.83. The van der Waals surface area contributed by atoms with Crippen molar-refractivity contribution in [3.05, 3.63) is 0 Å². The largest absolute Gasteiger partial charge is 0.0654 e. The monoisotopic (exact) mass is 196 g/mol. The Morgan fingerprint density at radius 3 is 2.21 bits per heavy atom. The Bertz CT molecular complexity index is 146. The zero-order valence-electron chi connectivity index (χ0n) is 10.6. The zero-order valence-corrected chi connectivity index (χ0v) is 10.6. The van der Waals surface area contributed by atoms with Crippen molar-refractivity contribution < 1.29 is 0 Å². The summed E-state index contributed by atoms with van der Waals surface area (Å²) < 4.78 is 0. The SMILES string of the molecule is CCCCCC(C)C(C)C(C)C1CC1. The van der Waals surface area contributed by atoms with Crippen LogP contribution in [0, 0.1) is 23.7 Å². The first-order valence-electron chi connectivity index (χ1n) is 6.66. The fourth-order valence-electron chi connectivity index (χ4n) is 2.55. The number of rotatable bonds is 7. The van der Waals surface area contributed by atoms with Gasteiger partial charge in [0, 0.05) is 0 Å². The summed E-state index contributed by atoms with van der Waals surface area (Å²) in [4.78, 5) is 0. The van der Waals surface area contributed by atoms with E-state index in [1.165, 1.54) is 38.5 Å². The van der Waals surface area contributed by atoms with E-state index in [9.17, 15) is 0 Å². The van der Waals surface area contributed by atoms with Crippen LogP contribution in [0.3, 0.4) is 0 Å². The molecule has 84 valence electrons. The summed E-state index contributed by atoms with van der Waals surface area (Å²) in [6, 6.07) is 0. The molecule has 1 saturated carbocycles. The molecule has 0 aliphatic heterocycles. The van der Waals surface area contributed by atoms with E-state index in [-0.39, 0.29) is 0 Å². The minimum Gasteiger partial charge on any atom is -0.0654 e. The van der Waals surface area contributed by atoms with Crippen LogP contribution in [0.2, 0.25) is 0 Å². The Kier molecular flexibility index (Phi) is 4.98. The van der Waals surface area contributed by atoms with Gasteiger partial charge in [-0.25, -0.2) is 0 Å². The number of unbranched alkanes of at least 4 members (excludes halogenated alkanes) is 2. The second-order valence-electron chi connectivity index (χ2n) is 5.53. The van der Waals surface area contributed by atoms with Gasteiger partial charge in [0.25, 0.3) is 0 Å². The van der Waals surface area contributed by atoms with Gasteiger partial charge in [0.05, 0.1) is 0 Å². The molecule has 0 spiro atoms. The molecule has 0 aromatic carbocycles. The van der Waals surface area contributed by atoms with Crippen LogP contribution in [0.1, 0.15) is 66.2 Å². The normalized spacial score (nSPS) is 23.1. The molecule has 0 heteroatoms. The Hall–Kier alpha value is 0. The van der Waals surface area contributed by atoms with Gasteiger partial charge in [0.2, 0.25) is 0 Å². The van der Waals surface area contributed by atoms with Crippen LogP contribution in [0.25, 0.3) is 0 Å². The van der Waals surface area contributed by atoms with Crippen LogP contribution in [-0.4, -0.2) is 0 Å². The van der Waals surface area contributed by atoms with E-state index in [0.717, 1.165) is 23.7 Å². The lowest BCUT2D eigenvalue weighted by Crippen LogP contribution is -2.18. The summed E-state index contributed by atoms with van der Waals surface area (Å²) >= 11 is 0. The van der Waals surface area contributed by atoms with Gasteiger partial charge in [0.15, 0.2) is 0 Å². The van der Waals surface area contributed by atoms with Crippen molar-refractivity contribution >= 4 is 0 Å². The summed E-state index contributed by atoms with van der Waals surface area (Å²) in [7, 11) is 0. The highest BCUT2D eigenvalue weighted by atomic mass is 14.4. The topological polar surface area (TPSA) is 0 Å². The molecule has 1 rings (SSSR count). The lowest BCUT2D eigenvalue weighted by molar-refractivity contribution is 0.238. The molecule has 0 nitrogen and oxygen atoms in total. The summed E-state index contributed by atoms with van der Waals surface area (Å²) in [6.45, 7) is 9.69. The maximum Gasteiger partial charge on any atom is -0.0386 e. The molecule has 14 heavy (non-hydrogen) atoms. The molecule has 1 fully saturated rings. The third-order valence-corrected chi connectivity index (χ3v) is 4.36. The fraction of sp³-hybridized carbons (Fsp3) is 1.00. The fourth-order valence-corrected chi connectivity index (χ4v) is 2.55. The Balaban J connectivity index is 2.17. The lowest BCUT2D eigenvalue weighted by atomic mass is 9.80. The van der Waals surface area contributed by atoms with E-state index in [0.29, 0.717) is 0 Å². The summed E-state index contributed by atoms with van der Waals surface area (Å²) in [6.07, 6.45) is 8.69. The van der Waals surface area contributed by atoms with E-state index in [1.54, 1.807) is 0 Å². The predicted octanol–water partition coefficient (Wildman–Crippen LogP) is 4.89. The highest BCUT2D eigenvalue weighted by Gasteiger charge is 2.32. The maximum atomic E-state index is 2.47. The van der Waals surface area contributed by atoms with Gasteiger partial charge in [-0.05, 0) is 36.5 Å². The van der Waals surface area contributed by atoms with Crippen molar-refractivity contribution in [3.63, 3.8) is 0 Å². The molecule has 0 bridgehead atoms. The van der Waals surface area contributed by atoms with E-state index in [1.807, 2.05) is 0 Å². The molecule has 3 unspecified atom stereocenters. The van der Waals surface area contributed by atoms with Gasteiger partial charge in [-0.1, -0.05) is 53.4 Å². The average Bonchev–Trinajstić information content (AvgIpc) is 2.99. The first-order valence-corrected chi connectivity index (χ1v) is 6.66. The van der Waals surface area contributed by atoms with Gasteiger partial charge in [-0.3, -0.25) is 0 Å². The molecule has 1 aliphatic rings. The van der Waals surface area contributed by atoms with Crippen LogP contribution in [0.4, 0.5) is 0 Å². The standard InChI is InChI=1S/C14H28/c1-5-6-7-8-11(2)12(3)13(4)14-9-10-14/h11-14H,5-10H2,1-4H3. The van der Waals surface area contributed by atoms with E-state index in [2.05, 4.69) is 27.7 Å². The van der Waals surface area contributed by atoms with Crippen LogP contribution in [0.15, 0.2) is 0 Å². The zero-order chi connectivity index (χ0) is 10.6. The van der Waals surface area contributed by atoms with E-state index in [4.69, 9.17) is 0 Å². The summed E-state index contributed by atoms with van der Waals surface area (Å²) in [5, 5.41) is 0. The van der Waals surface area contributed by atoms with E-state index >= 15 is 0 Å². The first-order chi connectivity index (χ1) is 6.66. The lowest BCUT2D eigenvalue weighted by Gasteiger charge is -2.26. The van der Waals surface area contributed by atoms with Crippen LogP contribution in [0.5, 0.6) is 0 Å². The first kappa shape index (κ1) is 12.1. The van der Waals surface area contributed by atoms with Gasteiger partial charge in [-0.2, -0.15) is 0 Å². The molecule has 1 aliphatic carbocycles. The smallest absolute Gasteiger partial charge is 0.0386 e. The van der Waals surface area contributed by atoms with Crippen LogP contribution >= 0.6 is 0 Å². The average molecular weight is 196 g/mol. The van der Waals surface area contributed by atoms with Crippen LogP contribution < -0.4 is 0 Å². The predicted molar refractivity (Wildman–Crippen MR) is 64.4 cm³/mol. The van der Waals surface area contributed by atoms with Crippen molar-refractivity contribution in [1.29, 1.82) is 0 Å². The summed E-state index contributed by atoms with van der Waals surface area (Å²) in [5.41, 5.74) is 0. The van der Waals surface area contributed by atoms with Crippen LogP contribution in [-0.2, 0) is 0 Å². The van der Waals surface area contributed by atoms with Crippen molar-refractivity contribution in [3.8, 4) is 0 Å². The highest BCUT2D eigenvalue weighted by Crippen LogP contribution is 2.42. The van der Waals surface area contributed by atoms with Gasteiger partial charge >= 0.3 is 0 Å². The molecule has 3 atom stereocenters. The molecule has 0 N–H and O–H groups in total. The van der Waals surface area contributed by atoms with Gasteiger partial charge in [-0.15, -0.1) is 0 Å². The van der Waals surface area contributed by atoms with E-state index < -0.39 is 0 Å². The minimum absolute atomic E-state index is 0.942. The molecular formula is C14H28. The summed E-state index contributed by atoms with van der Waals surface area (Å²) in [5.74, 6) is 3.95. The second-order valence-corrected chi connectivity index (χ2v) is 5.53. The van der Waals surface area contributed by atoms with Crippen molar-refractivity contribution in [2.45, 2.75) is 66.2 Å². The molecule has 0 aromatic heterocycles. The van der Waals surface area contributed by atoms with Gasteiger partial charge < -0.3 is 0 Å². The Morgan fingerprint density at radius 1 is 1.07 bits per heavy atom. The molecule has 0 saturated heterocycles. The van der Waals surface area contributed by atoms with Crippen molar-refractivity contribution in [2.24, 2.45) is 23.7 Å². The molecule has 0 radical (unpaired) electrons. The molecule has 0 amide bonds. The van der Waals surface area contributed by atoms with Gasteiger partial charge in [0.1, 0.15) is 0 Å². The molecule has 0 aromatic rings. The quantitative estimate of drug-likeness (QED) is 0.509. The molecule has 0 heterocycles. The number of hydrogen-bond acceptors (Lipinski definition) is 0.